The molecule has 0 radical (unpaired) electrons. The zero-order valence-electron chi connectivity index (χ0n) is 12.5. The average molecular weight is 317 g/mol. The first-order valence-corrected chi connectivity index (χ1v) is 7.55. The van der Waals surface area contributed by atoms with Crippen molar-refractivity contribution >= 4 is 11.6 Å². The van der Waals surface area contributed by atoms with Gasteiger partial charge in [-0.1, -0.05) is 12.1 Å². The van der Waals surface area contributed by atoms with Crippen LogP contribution in [0.2, 0.25) is 0 Å². The van der Waals surface area contributed by atoms with Gasteiger partial charge in [0.15, 0.2) is 0 Å². The Bertz CT molecular complexity index is 685. The van der Waals surface area contributed by atoms with Crippen molar-refractivity contribution in [2.24, 2.45) is 5.92 Å². The summed E-state index contributed by atoms with van der Waals surface area (Å²) >= 11 is 0. The molecular formula is C18H17F2NO2. The highest BCUT2D eigenvalue weighted by Gasteiger charge is 2.37. The van der Waals surface area contributed by atoms with Gasteiger partial charge in [-0.15, -0.1) is 0 Å². The Hall–Kier alpha value is -2.27. The minimum atomic E-state index is -0.705. The maximum absolute atomic E-state index is 12.9. The minimum absolute atomic E-state index is 0.0112. The highest BCUT2D eigenvalue weighted by atomic mass is 19.1. The first-order valence-electron chi connectivity index (χ1n) is 7.55. The van der Waals surface area contributed by atoms with Gasteiger partial charge >= 0.3 is 0 Å². The average Bonchev–Trinajstić information content (AvgIpc) is 2.55. The predicted octanol–water partition coefficient (Wildman–Crippen LogP) is 3.44. The van der Waals surface area contributed by atoms with Gasteiger partial charge in [0.1, 0.15) is 11.6 Å². The second kappa shape index (κ2) is 6.46. The van der Waals surface area contributed by atoms with Crippen LogP contribution >= 0.6 is 0 Å². The van der Waals surface area contributed by atoms with Gasteiger partial charge < -0.3 is 10.0 Å². The highest BCUT2D eigenvalue weighted by Crippen LogP contribution is 2.31. The molecule has 0 aromatic heterocycles. The fraction of sp³-hybridized carbons (Fsp3) is 0.278. The molecule has 2 aromatic carbocycles. The number of aliphatic hydroxyl groups is 1. The monoisotopic (exact) mass is 317 g/mol. The Morgan fingerprint density at radius 3 is 2.17 bits per heavy atom. The van der Waals surface area contributed by atoms with Crippen LogP contribution in [-0.2, 0) is 4.79 Å². The quantitative estimate of drug-likeness (QED) is 0.858. The second-order valence-corrected chi connectivity index (χ2v) is 5.77. The molecule has 23 heavy (non-hydrogen) atoms. The zero-order valence-corrected chi connectivity index (χ0v) is 12.5. The number of benzene rings is 2. The van der Waals surface area contributed by atoms with E-state index in [2.05, 4.69) is 0 Å². The number of halogens is 2. The molecule has 0 bridgehead atoms. The Balaban J connectivity index is 1.52. The fourth-order valence-electron chi connectivity index (χ4n) is 2.78. The van der Waals surface area contributed by atoms with Gasteiger partial charge in [-0.3, -0.25) is 4.79 Å². The van der Waals surface area contributed by atoms with E-state index in [1.54, 1.807) is 29.2 Å². The number of amides is 1. The lowest BCUT2D eigenvalue weighted by Crippen LogP contribution is -2.52. The van der Waals surface area contributed by atoms with Crippen molar-refractivity contribution in [3.63, 3.8) is 0 Å². The van der Waals surface area contributed by atoms with E-state index in [0.29, 0.717) is 30.6 Å². The Morgan fingerprint density at radius 2 is 1.61 bits per heavy atom. The van der Waals surface area contributed by atoms with Crippen molar-refractivity contribution in [3.05, 3.63) is 65.7 Å². The molecule has 2 aromatic rings. The molecule has 3 nitrogen and oxygen atoms in total. The molecule has 1 saturated heterocycles. The molecule has 3 rings (SSSR count). The number of hydrogen-bond donors (Lipinski definition) is 1. The molecule has 5 heteroatoms. The van der Waals surface area contributed by atoms with E-state index in [0.717, 1.165) is 0 Å². The number of rotatable bonds is 5. The van der Waals surface area contributed by atoms with Crippen LogP contribution in [0.1, 0.15) is 24.5 Å². The Kier molecular flexibility index (Phi) is 4.39. The SMILES string of the molecule is O=C1C(CC[C@H](O)c2ccc(F)cc2)CN1c1ccc(F)cc1. The summed E-state index contributed by atoms with van der Waals surface area (Å²) in [6, 6.07) is 11.5. The second-order valence-electron chi connectivity index (χ2n) is 5.77. The van der Waals surface area contributed by atoms with Gasteiger partial charge in [-0.25, -0.2) is 8.78 Å². The van der Waals surface area contributed by atoms with Crippen molar-refractivity contribution in [1.82, 2.24) is 0 Å². The molecule has 0 saturated carbocycles. The van der Waals surface area contributed by atoms with Crippen molar-refractivity contribution in [3.8, 4) is 0 Å². The Morgan fingerprint density at radius 1 is 1.04 bits per heavy atom. The fourth-order valence-corrected chi connectivity index (χ4v) is 2.78. The van der Waals surface area contributed by atoms with E-state index in [-0.39, 0.29) is 23.5 Å². The highest BCUT2D eigenvalue weighted by molar-refractivity contribution is 6.01. The molecule has 1 heterocycles. The normalized spacial score (nSPS) is 18.7. The summed E-state index contributed by atoms with van der Waals surface area (Å²) in [5.41, 5.74) is 1.33. The number of anilines is 1. The topological polar surface area (TPSA) is 40.5 Å². The zero-order chi connectivity index (χ0) is 16.4. The van der Waals surface area contributed by atoms with E-state index in [4.69, 9.17) is 0 Å². The van der Waals surface area contributed by atoms with Gasteiger partial charge in [0.25, 0.3) is 0 Å². The summed E-state index contributed by atoms with van der Waals surface area (Å²) < 4.78 is 25.7. The van der Waals surface area contributed by atoms with Gasteiger partial charge in [-0.05, 0) is 54.8 Å². The molecular weight excluding hydrogens is 300 g/mol. The minimum Gasteiger partial charge on any atom is -0.388 e. The predicted molar refractivity (Wildman–Crippen MR) is 82.8 cm³/mol. The summed E-state index contributed by atoms with van der Waals surface area (Å²) in [7, 11) is 0. The van der Waals surface area contributed by atoms with E-state index in [9.17, 15) is 18.7 Å². The summed E-state index contributed by atoms with van der Waals surface area (Å²) in [6.07, 6.45) is 0.303. The van der Waals surface area contributed by atoms with Crippen LogP contribution < -0.4 is 4.90 Å². The maximum atomic E-state index is 12.9. The van der Waals surface area contributed by atoms with Gasteiger partial charge in [0, 0.05) is 12.2 Å². The van der Waals surface area contributed by atoms with E-state index < -0.39 is 6.10 Å². The largest absolute Gasteiger partial charge is 0.388 e. The lowest BCUT2D eigenvalue weighted by molar-refractivity contribution is -0.127. The van der Waals surface area contributed by atoms with Crippen LogP contribution in [0.3, 0.4) is 0 Å². The first kappa shape index (κ1) is 15.6. The number of β-lactam (4-membered cyclic amide) rings is 1. The van der Waals surface area contributed by atoms with Crippen LogP contribution in [0.5, 0.6) is 0 Å². The third-order valence-corrected chi connectivity index (χ3v) is 4.20. The molecule has 120 valence electrons. The van der Waals surface area contributed by atoms with Crippen LogP contribution in [0.25, 0.3) is 0 Å². The number of hydrogen-bond acceptors (Lipinski definition) is 2. The molecule has 1 aliphatic rings. The summed E-state index contributed by atoms with van der Waals surface area (Å²) in [4.78, 5) is 13.7. The summed E-state index contributed by atoms with van der Waals surface area (Å²) in [6.45, 7) is 0.570. The van der Waals surface area contributed by atoms with E-state index in [1.807, 2.05) is 0 Å². The van der Waals surface area contributed by atoms with Crippen LogP contribution in [-0.4, -0.2) is 17.6 Å². The molecule has 1 amide bonds. The molecule has 0 spiro atoms. The van der Waals surface area contributed by atoms with Gasteiger partial charge in [-0.2, -0.15) is 0 Å². The van der Waals surface area contributed by atoms with Crippen LogP contribution in [0.15, 0.2) is 48.5 Å². The summed E-state index contributed by atoms with van der Waals surface area (Å²) in [5.74, 6) is -0.816. The molecule has 1 N–H and O–H groups in total. The molecule has 1 fully saturated rings. The number of carbonyl (C=O) groups excluding carboxylic acids is 1. The standard InChI is InChI=1S/C18H17F2NO2/c19-14-4-1-12(2-5-14)17(22)10-3-13-11-21(18(13)23)16-8-6-15(20)7-9-16/h1-2,4-9,13,17,22H,3,10-11H2/t13?,17-/m0/s1. The first-order chi connectivity index (χ1) is 11.0. The molecule has 1 unspecified atom stereocenters. The molecule has 0 aliphatic carbocycles. The lowest BCUT2D eigenvalue weighted by Gasteiger charge is -2.38. The third kappa shape index (κ3) is 3.40. The number of aliphatic hydroxyl groups excluding tert-OH is 1. The lowest BCUT2D eigenvalue weighted by atomic mass is 9.90. The van der Waals surface area contributed by atoms with Crippen molar-refractivity contribution in [1.29, 1.82) is 0 Å². The van der Waals surface area contributed by atoms with Crippen LogP contribution in [0.4, 0.5) is 14.5 Å². The summed E-state index contributed by atoms with van der Waals surface area (Å²) in [5, 5.41) is 10.1. The van der Waals surface area contributed by atoms with Gasteiger partial charge in [0.2, 0.25) is 5.91 Å². The molecule has 1 aliphatic heterocycles. The maximum Gasteiger partial charge on any atom is 0.231 e. The van der Waals surface area contributed by atoms with E-state index in [1.165, 1.54) is 24.3 Å². The van der Waals surface area contributed by atoms with E-state index >= 15 is 0 Å². The van der Waals surface area contributed by atoms with Crippen molar-refractivity contribution < 1.29 is 18.7 Å². The number of nitrogens with zero attached hydrogens (tertiary/aromatic N) is 1. The van der Waals surface area contributed by atoms with Gasteiger partial charge in [0.05, 0.1) is 12.0 Å². The molecule has 2 atom stereocenters. The smallest absolute Gasteiger partial charge is 0.231 e. The number of carbonyl (C=O) groups is 1. The van der Waals surface area contributed by atoms with Crippen molar-refractivity contribution in [2.75, 3.05) is 11.4 Å². The Labute approximate surface area is 133 Å². The van der Waals surface area contributed by atoms with Crippen molar-refractivity contribution in [2.45, 2.75) is 18.9 Å². The van der Waals surface area contributed by atoms with Crippen LogP contribution in [0, 0.1) is 17.6 Å². The third-order valence-electron chi connectivity index (χ3n) is 4.20.